The molecule has 0 aliphatic carbocycles. The average Bonchev–Trinajstić information content (AvgIpc) is 2.67. The molecule has 0 saturated carbocycles. The van der Waals surface area contributed by atoms with Gasteiger partial charge in [0.25, 0.3) is 0 Å². The van der Waals surface area contributed by atoms with E-state index in [1.807, 2.05) is 43.3 Å². The number of hydrogen-bond acceptors (Lipinski definition) is 2. The van der Waals surface area contributed by atoms with Crippen LogP contribution in [0.5, 0.6) is 0 Å². The van der Waals surface area contributed by atoms with Crippen LogP contribution in [0.1, 0.15) is 31.4 Å². The monoisotopic (exact) mass is 406 g/mol. The van der Waals surface area contributed by atoms with Crippen LogP contribution in [0.4, 0.5) is 0 Å². The summed E-state index contributed by atoms with van der Waals surface area (Å²) in [5, 5.41) is 3.74. The van der Waals surface area contributed by atoms with E-state index in [2.05, 4.69) is 5.32 Å². The summed E-state index contributed by atoms with van der Waals surface area (Å²) in [7, 11) is 0. The molecule has 1 N–H and O–H groups in total. The molecule has 6 heteroatoms. The minimum Gasteiger partial charge on any atom is -0.354 e. The van der Waals surface area contributed by atoms with Crippen LogP contribution in [0.3, 0.4) is 0 Å². The van der Waals surface area contributed by atoms with Crippen LogP contribution >= 0.6 is 23.2 Å². The van der Waals surface area contributed by atoms with E-state index in [4.69, 9.17) is 23.2 Å². The third kappa shape index (κ3) is 6.26. The summed E-state index contributed by atoms with van der Waals surface area (Å²) in [6.07, 6.45) is 1.07. The van der Waals surface area contributed by atoms with E-state index in [9.17, 15) is 9.59 Å². The summed E-state index contributed by atoms with van der Waals surface area (Å²) in [4.78, 5) is 27.0. The minimum absolute atomic E-state index is 0.119. The summed E-state index contributed by atoms with van der Waals surface area (Å²) in [6, 6.07) is 14.1. The highest BCUT2D eigenvalue weighted by molar-refractivity contribution is 6.42. The zero-order valence-electron chi connectivity index (χ0n) is 15.5. The van der Waals surface area contributed by atoms with E-state index in [0.717, 1.165) is 17.5 Å². The van der Waals surface area contributed by atoms with E-state index >= 15 is 0 Å². The smallest absolute Gasteiger partial charge is 0.242 e. The molecule has 0 fully saturated rings. The van der Waals surface area contributed by atoms with Gasteiger partial charge in [0.05, 0.1) is 16.5 Å². The van der Waals surface area contributed by atoms with Crippen LogP contribution < -0.4 is 5.32 Å². The quantitative estimate of drug-likeness (QED) is 0.702. The summed E-state index contributed by atoms with van der Waals surface area (Å²) in [5.41, 5.74) is 1.73. The Balaban J connectivity index is 2.22. The van der Waals surface area contributed by atoms with E-state index in [-0.39, 0.29) is 24.8 Å². The van der Waals surface area contributed by atoms with Gasteiger partial charge in [-0.05, 0) is 36.6 Å². The van der Waals surface area contributed by atoms with Crippen molar-refractivity contribution in [2.75, 3.05) is 6.54 Å². The lowest BCUT2D eigenvalue weighted by atomic mass is 10.1. The molecule has 1 atom stereocenters. The SMILES string of the molecule is CCCNC(=O)[C@H](C)N(Cc1ccc(Cl)c(Cl)c1)C(=O)Cc1ccccc1. The maximum absolute atomic E-state index is 13.0. The van der Waals surface area contributed by atoms with Gasteiger partial charge in [0.15, 0.2) is 0 Å². The third-order valence-corrected chi connectivity index (χ3v) is 4.99. The molecule has 0 saturated heterocycles. The second-order valence-electron chi connectivity index (χ2n) is 6.40. The van der Waals surface area contributed by atoms with Crippen LogP contribution in [0.25, 0.3) is 0 Å². The third-order valence-electron chi connectivity index (χ3n) is 4.25. The number of benzene rings is 2. The van der Waals surface area contributed by atoms with Crippen molar-refractivity contribution in [2.45, 2.75) is 39.3 Å². The fraction of sp³-hybridized carbons (Fsp3) is 0.333. The Morgan fingerprint density at radius 2 is 1.74 bits per heavy atom. The molecule has 27 heavy (non-hydrogen) atoms. The average molecular weight is 407 g/mol. The van der Waals surface area contributed by atoms with E-state index in [1.165, 1.54) is 0 Å². The van der Waals surface area contributed by atoms with Crippen molar-refractivity contribution in [1.82, 2.24) is 10.2 Å². The lowest BCUT2D eigenvalue weighted by Gasteiger charge is -2.29. The van der Waals surface area contributed by atoms with Crippen LogP contribution in [0.2, 0.25) is 10.0 Å². The van der Waals surface area contributed by atoms with Gasteiger partial charge in [-0.15, -0.1) is 0 Å². The molecular formula is C21H24Cl2N2O2. The van der Waals surface area contributed by atoms with Crippen LogP contribution in [0, 0.1) is 0 Å². The van der Waals surface area contributed by atoms with Gasteiger partial charge < -0.3 is 10.2 Å². The van der Waals surface area contributed by atoms with Crippen molar-refractivity contribution in [3.63, 3.8) is 0 Å². The highest BCUT2D eigenvalue weighted by Crippen LogP contribution is 2.24. The Bertz CT molecular complexity index is 781. The van der Waals surface area contributed by atoms with E-state index < -0.39 is 6.04 Å². The van der Waals surface area contributed by atoms with Crippen LogP contribution in [-0.2, 0) is 22.6 Å². The fourth-order valence-corrected chi connectivity index (χ4v) is 3.01. The number of carbonyl (C=O) groups is 2. The van der Waals surface area contributed by atoms with Crippen molar-refractivity contribution < 1.29 is 9.59 Å². The highest BCUT2D eigenvalue weighted by Gasteiger charge is 2.26. The molecule has 144 valence electrons. The molecule has 2 aromatic rings. The van der Waals surface area contributed by atoms with Gasteiger partial charge in [0, 0.05) is 13.1 Å². The lowest BCUT2D eigenvalue weighted by Crippen LogP contribution is -2.48. The number of hydrogen-bond donors (Lipinski definition) is 1. The van der Waals surface area contributed by atoms with Crippen LogP contribution in [-0.4, -0.2) is 29.3 Å². The molecule has 2 rings (SSSR count). The Morgan fingerprint density at radius 1 is 1.04 bits per heavy atom. The zero-order chi connectivity index (χ0) is 19.8. The van der Waals surface area contributed by atoms with Crippen molar-refractivity contribution in [3.05, 3.63) is 69.7 Å². The number of rotatable bonds is 8. The Morgan fingerprint density at radius 3 is 2.37 bits per heavy atom. The molecule has 0 heterocycles. The Kier molecular flexibility index (Phi) is 8.14. The molecule has 0 aromatic heterocycles. The number of halogens is 2. The summed E-state index contributed by atoms with van der Waals surface area (Å²) < 4.78 is 0. The first-order valence-electron chi connectivity index (χ1n) is 8.97. The van der Waals surface area contributed by atoms with Crippen LogP contribution in [0.15, 0.2) is 48.5 Å². The van der Waals surface area contributed by atoms with Gasteiger partial charge in [0.2, 0.25) is 11.8 Å². The fourth-order valence-electron chi connectivity index (χ4n) is 2.69. The predicted molar refractivity (Wildman–Crippen MR) is 110 cm³/mol. The highest BCUT2D eigenvalue weighted by atomic mass is 35.5. The molecule has 0 aliphatic rings. The molecular weight excluding hydrogens is 383 g/mol. The lowest BCUT2D eigenvalue weighted by molar-refractivity contribution is -0.140. The topological polar surface area (TPSA) is 49.4 Å². The van der Waals surface area contributed by atoms with Crippen molar-refractivity contribution in [1.29, 1.82) is 0 Å². The zero-order valence-corrected chi connectivity index (χ0v) is 17.1. The molecule has 2 amide bonds. The van der Waals surface area contributed by atoms with Crippen molar-refractivity contribution in [3.8, 4) is 0 Å². The second-order valence-corrected chi connectivity index (χ2v) is 7.21. The second kappa shape index (κ2) is 10.3. The van der Waals surface area contributed by atoms with Gasteiger partial charge in [-0.3, -0.25) is 9.59 Å². The van der Waals surface area contributed by atoms with Crippen molar-refractivity contribution >= 4 is 35.0 Å². The molecule has 2 aromatic carbocycles. The van der Waals surface area contributed by atoms with Gasteiger partial charge in [-0.25, -0.2) is 0 Å². The van der Waals surface area contributed by atoms with E-state index in [0.29, 0.717) is 16.6 Å². The number of carbonyl (C=O) groups excluding carboxylic acids is 2. The molecule has 0 spiro atoms. The maximum atomic E-state index is 13.0. The van der Waals surface area contributed by atoms with Crippen molar-refractivity contribution in [2.24, 2.45) is 0 Å². The first-order chi connectivity index (χ1) is 12.9. The molecule has 0 radical (unpaired) electrons. The Hall–Kier alpha value is -2.04. The van der Waals surface area contributed by atoms with Gasteiger partial charge in [-0.2, -0.15) is 0 Å². The summed E-state index contributed by atoms with van der Waals surface area (Å²) in [5.74, 6) is -0.287. The largest absolute Gasteiger partial charge is 0.354 e. The first-order valence-corrected chi connectivity index (χ1v) is 9.73. The predicted octanol–water partition coefficient (Wildman–Crippen LogP) is 4.48. The summed E-state index contributed by atoms with van der Waals surface area (Å²) >= 11 is 12.1. The summed E-state index contributed by atoms with van der Waals surface area (Å²) in [6.45, 7) is 4.59. The molecule has 0 aliphatic heterocycles. The first kappa shape index (κ1) is 21.3. The molecule has 4 nitrogen and oxygen atoms in total. The van der Waals surface area contributed by atoms with Gasteiger partial charge in [-0.1, -0.05) is 66.5 Å². The number of nitrogens with one attached hydrogen (secondary N) is 1. The number of amides is 2. The maximum Gasteiger partial charge on any atom is 0.242 e. The van der Waals surface area contributed by atoms with Gasteiger partial charge in [0.1, 0.15) is 6.04 Å². The minimum atomic E-state index is -0.595. The van der Waals surface area contributed by atoms with E-state index in [1.54, 1.807) is 24.0 Å². The standard InChI is InChI=1S/C21H24Cl2N2O2/c1-3-11-24-21(27)15(2)25(14-17-9-10-18(22)19(23)12-17)20(26)13-16-7-5-4-6-8-16/h4-10,12,15H,3,11,13-14H2,1-2H3,(H,24,27)/t15-/m0/s1. The molecule has 0 unspecified atom stereocenters. The Labute approximate surface area is 170 Å². The number of nitrogens with zero attached hydrogens (tertiary/aromatic N) is 1. The van der Waals surface area contributed by atoms with Gasteiger partial charge >= 0.3 is 0 Å². The molecule has 0 bridgehead atoms. The normalized spacial score (nSPS) is 11.7.